The molecule has 2 N–H and O–H groups in total. The van der Waals surface area contributed by atoms with E-state index in [0.29, 0.717) is 17.8 Å². The summed E-state index contributed by atoms with van der Waals surface area (Å²) in [5.74, 6) is -0.921. The fourth-order valence-electron chi connectivity index (χ4n) is 1.88. The maximum atomic E-state index is 11.1. The van der Waals surface area contributed by atoms with Crippen molar-refractivity contribution in [3.8, 4) is 11.4 Å². The van der Waals surface area contributed by atoms with Crippen molar-refractivity contribution in [2.24, 2.45) is 0 Å². The van der Waals surface area contributed by atoms with Crippen molar-refractivity contribution in [1.29, 1.82) is 0 Å². The van der Waals surface area contributed by atoms with Gasteiger partial charge in [0.2, 0.25) is 0 Å². The number of para-hydroxylation sites is 2. The summed E-state index contributed by atoms with van der Waals surface area (Å²) in [7, 11) is 0. The van der Waals surface area contributed by atoms with Gasteiger partial charge in [-0.25, -0.2) is 9.48 Å². The van der Waals surface area contributed by atoms with E-state index in [-0.39, 0.29) is 11.3 Å². The van der Waals surface area contributed by atoms with Gasteiger partial charge in [-0.05, 0) is 18.6 Å². The van der Waals surface area contributed by atoms with Crippen LogP contribution in [0.15, 0.2) is 30.5 Å². The van der Waals surface area contributed by atoms with Gasteiger partial charge in [0.15, 0.2) is 0 Å². The van der Waals surface area contributed by atoms with Gasteiger partial charge >= 0.3 is 5.97 Å². The first-order valence-corrected chi connectivity index (χ1v) is 5.73. The second-order valence-electron chi connectivity index (χ2n) is 3.96. The Morgan fingerprint density at radius 3 is 2.72 bits per heavy atom. The van der Waals surface area contributed by atoms with Crippen molar-refractivity contribution in [1.82, 2.24) is 9.78 Å². The second kappa shape index (κ2) is 4.91. The average molecular weight is 246 g/mol. The molecule has 0 aliphatic rings. The minimum absolute atomic E-state index is 0.0786. The molecular formula is C13H14N2O3. The molecule has 2 aromatic rings. The highest BCUT2D eigenvalue weighted by Gasteiger charge is 2.18. The largest absolute Gasteiger partial charge is 0.506 e. The lowest BCUT2D eigenvalue weighted by atomic mass is 10.1. The van der Waals surface area contributed by atoms with Gasteiger partial charge in [-0.1, -0.05) is 25.5 Å². The van der Waals surface area contributed by atoms with E-state index >= 15 is 0 Å². The number of benzene rings is 1. The summed E-state index contributed by atoms with van der Waals surface area (Å²) in [6, 6.07) is 6.73. The summed E-state index contributed by atoms with van der Waals surface area (Å²) >= 11 is 0. The van der Waals surface area contributed by atoms with Gasteiger partial charge < -0.3 is 10.2 Å². The molecule has 1 heterocycles. The standard InChI is InChI=1S/C13H14N2O3/c1-2-5-10-9(13(17)18)8-14-15(10)11-6-3-4-7-12(11)16/h3-4,6-8,16H,2,5H2,1H3,(H,17,18). The van der Waals surface area contributed by atoms with Gasteiger partial charge in [0.1, 0.15) is 17.0 Å². The predicted octanol–water partition coefficient (Wildman–Crippen LogP) is 2.23. The summed E-state index contributed by atoms with van der Waals surface area (Å²) in [5, 5.41) is 23.0. The molecule has 18 heavy (non-hydrogen) atoms. The first-order chi connectivity index (χ1) is 8.65. The van der Waals surface area contributed by atoms with E-state index in [1.54, 1.807) is 24.3 Å². The third kappa shape index (κ3) is 2.07. The molecule has 0 atom stereocenters. The van der Waals surface area contributed by atoms with Crippen LogP contribution in [0.3, 0.4) is 0 Å². The molecule has 1 aromatic carbocycles. The molecule has 0 amide bonds. The summed E-state index contributed by atoms with van der Waals surface area (Å²) < 4.78 is 1.49. The number of carboxylic acids is 1. The van der Waals surface area contributed by atoms with Crippen LogP contribution < -0.4 is 0 Å². The van der Waals surface area contributed by atoms with Gasteiger partial charge in [0.05, 0.1) is 11.9 Å². The SMILES string of the molecule is CCCc1c(C(=O)O)cnn1-c1ccccc1O. The predicted molar refractivity (Wildman–Crippen MR) is 66.2 cm³/mol. The molecule has 0 radical (unpaired) electrons. The van der Waals surface area contributed by atoms with Crippen LogP contribution in [0, 0.1) is 0 Å². The minimum atomic E-state index is -1.000. The molecule has 1 aromatic heterocycles. The van der Waals surface area contributed by atoms with E-state index < -0.39 is 5.97 Å². The zero-order chi connectivity index (χ0) is 13.1. The van der Waals surface area contributed by atoms with E-state index in [2.05, 4.69) is 5.10 Å². The van der Waals surface area contributed by atoms with Crippen LogP contribution in [0.5, 0.6) is 5.75 Å². The van der Waals surface area contributed by atoms with Crippen LogP contribution in [0.25, 0.3) is 5.69 Å². The topological polar surface area (TPSA) is 75.3 Å². The molecule has 0 saturated carbocycles. The van der Waals surface area contributed by atoms with Crippen molar-refractivity contribution >= 4 is 5.97 Å². The Kier molecular flexibility index (Phi) is 3.32. The van der Waals surface area contributed by atoms with Crippen LogP contribution in [-0.2, 0) is 6.42 Å². The van der Waals surface area contributed by atoms with Crippen molar-refractivity contribution in [2.75, 3.05) is 0 Å². The fourth-order valence-corrected chi connectivity index (χ4v) is 1.88. The number of aromatic hydroxyl groups is 1. The zero-order valence-corrected chi connectivity index (χ0v) is 10.00. The van der Waals surface area contributed by atoms with Crippen LogP contribution >= 0.6 is 0 Å². The fraction of sp³-hybridized carbons (Fsp3) is 0.231. The number of nitrogens with zero attached hydrogens (tertiary/aromatic N) is 2. The molecule has 94 valence electrons. The number of carboxylic acid groups (broad SMARTS) is 1. The Morgan fingerprint density at radius 2 is 2.11 bits per heavy atom. The van der Waals surface area contributed by atoms with Gasteiger partial charge in [0.25, 0.3) is 0 Å². The van der Waals surface area contributed by atoms with Gasteiger partial charge in [0, 0.05) is 0 Å². The smallest absolute Gasteiger partial charge is 0.339 e. The Morgan fingerprint density at radius 1 is 1.39 bits per heavy atom. The molecule has 0 spiro atoms. The maximum absolute atomic E-state index is 11.1. The Balaban J connectivity index is 2.58. The third-order valence-corrected chi connectivity index (χ3v) is 2.70. The average Bonchev–Trinajstić information content (AvgIpc) is 2.74. The summed E-state index contributed by atoms with van der Waals surface area (Å²) in [6.07, 6.45) is 2.72. The number of hydrogen-bond acceptors (Lipinski definition) is 3. The Labute approximate surface area is 104 Å². The molecule has 2 rings (SSSR count). The Bertz CT molecular complexity index is 575. The molecule has 5 nitrogen and oxygen atoms in total. The van der Waals surface area contributed by atoms with Crippen LogP contribution in [0.2, 0.25) is 0 Å². The lowest BCUT2D eigenvalue weighted by Gasteiger charge is -2.09. The van der Waals surface area contributed by atoms with E-state index in [9.17, 15) is 9.90 Å². The number of aromatic nitrogens is 2. The van der Waals surface area contributed by atoms with E-state index in [1.807, 2.05) is 6.92 Å². The lowest BCUT2D eigenvalue weighted by Crippen LogP contribution is -2.06. The second-order valence-corrected chi connectivity index (χ2v) is 3.96. The number of phenols is 1. The highest BCUT2D eigenvalue weighted by atomic mass is 16.4. The van der Waals surface area contributed by atoms with Gasteiger partial charge in [-0.15, -0.1) is 0 Å². The number of hydrogen-bond donors (Lipinski definition) is 2. The van der Waals surface area contributed by atoms with E-state index in [4.69, 9.17) is 5.11 Å². The minimum Gasteiger partial charge on any atom is -0.506 e. The van der Waals surface area contributed by atoms with E-state index in [0.717, 1.165) is 6.42 Å². The monoisotopic (exact) mass is 246 g/mol. The first-order valence-electron chi connectivity index (χ1n) is 5.73. The first kappa shape index (κ1) is 12.2. The summed E-state index contributed by atoms with van der Waals surface area (Å²) in [5.41, 5.74) is 1.28. The highest BCUT2D eigenvalue weighted by molar-refractivity contribution is 5.88. The highest BCUT2D eigenvalue weighted by Crippen LogP contribution is 2.24. The van der Waals surface area contributed by atoms with Gasteiger partial charge in [-0.3, -0.25) is 0 Å². The molecule has 0 aliphatic carbocycles. The van der Waals surface area contributed by atoms with E-state index in [1.165, 1.54) is 10.9 Å². The number of rotatable bonds is 4. The van der Waals surface area contributed by atoms with Crippen LogP contribution in [0.1, 0.15) is 29.4 Å². The third-order valence-electron chi connectivity index (χ3n) is 2.70. The Hall–Kier alpha value is -2.30. The summed E-state index contributed by atoms with van der Waals surface area (Å²) in [4.78, 5) is 11.1. The quantitative estimate of drug-likeness (QED) is 0.867. The molecular weight excluding hydrogens is 232 g/mol. The zero-order valence-electron chi connectivity index (χ0n) is 10.00. The van der Waals surface area contributed by atoms with Crippen LogP contribution in [0.4, 0.5) is 0 Å². The van der Waals surface area contributed by atoms with Gasteiger partial charge in [-0.2, -0.15) is 5.10 Å². The molecule has 0 bridgehead atoms. The lowest BCUT2D eigenvalue weighted by molar-refractivity contribution is 0.0695. The van der Waals surface area contributed by atoms with Crippen molar-refractivity contribution in [3.63, 3.8) is 0 Å². The normalized spacial score (nSPS) is 10.5. The molecule has 0 unspecified atom stereocenters. The number of aromatic carboxylic acids is 1. The number of carbonyl (C=O) groups is 1. The van der Waals surface area contributed by atoms with Crippen molar-refractivity contribution in [3.05, 3.63) is 41.7 Å². The maximum Gasteiger partial charge on any atom is 0.339 e. The molecule has 0 saturated heterocycles. The number of phenolic OH excluding ortho intramolecular Hbond substituents is 1. The molecule has 5 heteroatoms. The van der Waals surface area contributed by atoms with Crippen molar-refractivity contribution in [2.45, 2.75) is 19.8 Å². The van der Waals surface area contributed by atoms with Crippen LogP contribution in [-0.4, -0.2) is 26.0 Å². The molecule has 0 aliphatic heterocycles. The summed E-state index contributed by atoms with van der Waals surface area (Å²) in [6.45, 7) is 1.97. The van der Waals surface area contributed by atoms with Crippen molar-refractivity contribution < 1.29 is 15.0 Å². The molecule has 0 fully saturated rings.